The Morgan fingerprint density at radius 3 is 2.70 bits per heavy atom. The normalized spacial score (nSPS) is 11.0. The highest BCUT2D eigenvalue weighted by atomic mass is 16.5. The van der Waals surface area contributed by atoms with Crippen molar-refractivity contribution in [3.05, 3.63) is 46.5 Å². The molecule has 120 valence electrons. The summed E-state index contributed by atoms with van der Waals surface area (Å²) in [6.45, 7) is 8.68. The summed E-state index contributed by atoms with van der Waals surface area (Å²) in [5, 5.41) is 7.80. The number of fused-ring (bicyclic) bond motifs is 1. The molecule has 0 atom stereocenters. The smallest absolute Gasteiger partial charge is 0.157 e. The van der Waals surface area contributed by atoms with Gasteiger partial charge >= 0.3 is 0 Å². The van der Waals surface area contributed by atoms with Crippen molar-refractivity contribution >= 4 is 11.5 Å². The lowest BCUT2D eigenvalue weighted by molar-refractivity contribution is 0.407. The second-order valence-electron chi connectivity index (χ2n) is 5.67. The fourth-order valence-electron chi connectivity index (χ4n) is 2.76. The highest BCUT2D eigenvalue weighted by Gasteiger charge is 2.13. The minimum atomic E-state index is 0.599. The molecular formula is C17H21N5O. The third-order valence-corrected chi connectivity index (χ3v) is 4.19. The van der Waals surface area contributed by atoms with Crippen LogP contribution >= 0.6 is 0 Å². The van der Waals surface area contributed by atoms with E-state index in [4.69, 9.17) is 4.74 Å². The van der Waals surface area contributed by atoms with Crippen molar-refractivity contribution in [3.8, 4) is 5.75 Å². The first kappa shape index (κ1) is 15.3. The molecule has 0 aliphatic heterocycles. The lowest BCUT2D eigenvalue weighted by Crippen LogP contribution is -2.11. The Balaban J connectivity index is 1.96. The summed E-state index contributed by atoms with van der Waals surface area (Å²) in [6.07, 6.45) is 3.60. The average molecular weight is 311 g/mol. The molecule has 3 aromatic rings. The van der Waals surface area contributed by atoms with E-state index in [0.717, 1.165) is 45.3 Å². The molecule has 6 heteroatoms. The predicted molar refractivity (Wildman–Crippen MR) is 90.1 cm³/mol. The summed E-state index contributed by atoms with van der Waals surface area (Å²) in [7, 11) is 1.69. The largest absolute Gasteiger partial charge is 0.496 e. The number of rotatable bonds is 4. The second kappa shape index (κ2) is 5.87. The van der Waals surface area contributed by atoms with E-state index in [-0.39, 0.29) is 0 Å². The molecule has 0 amide bonds. The van der Waals surface area contributed by atoms with Crippen LogP contribution in [0.25, 0.3) is 5.65 Å². The van der Waals surface area contributed by atoms with Gasteiger partial charge in [-0.25, -0.2) is 4.98 Å². The van der Waals surface area contributed by atoms with Crippen molar-refractivity contribution in [3.63, 3.8) is 0 Å². The van der Waals surface area contributed by atoms with Crippen molar-refractivity contribution in [1.82, 2.24) is 19.6 Å². The summed E-state index contributed by atoms with van der Waals surface area (Å²) in [5.41, 5.74) is 5.97. The molecule has 23 heavy (non-hydrogen) atoms. The number of pyridine rings is 1. The Bertz CT molecular complexity index is 869. The molecule has 6 nitrogen and oxygen atoms in total. The third kappa shape index (κ3) is 2.60. The summed E-state index contributed by atoms with van der Waals surface area (Å²) < 4.78 is 7.30. The Morgan fingerprint density at radius 2 is 1.96 bits per heavy atom. The van der Waals surface area contributed by atoms with Crippen LogP contribution < -0.4 is 10.1 Å². The summed E-state index contributed by atoms with van der Waals surface area (Å²) in [4.78, 5) is 9.07. The van der Waals surface area contributed by atoms with Gasteiger partial charge in [0.15, 0.2) is 5.65 Å². The van der Waals surface area contributed by atoms with E-state index >= 15 is 0 Å². The maximum Gasteiger partial charge on any atom is 0.157 e. The van der Waals surface area contributed by atoms with E-state index in [9.17, 15) is 0 Å². The van der Waals surface area contributed by atoms with Gasteiger partial charge in [0.25, 0.3) is 0 Å². The fraction of sp³-hybridized carbons (Fsp3) is 0.353. The standard InChI is InChI=1S/C17H21N5O/c1-10-8-18-14(12(3)16(10)23-5)9-19-17-11(2)13(4)21-15-6-7-20-22(15)17/h6-8,19H,9H2,1-5H3. The van der Waals surface area contributed by atoms with Gasteiger partial charge in [-0.15, -0.1) is 0 Å². The van der Waals surface area contributed by atoms with Crippen molar-refractivity contribution in [1.29, 1.82) is 0 Å². The lowest BCUT2D eigenvalue weighted by atomic mass is 10.1. The second-order valence-corrected chi connectivity index (χ2v) is 5.67. The zero-order valence-electron chi connectivity index (χ0n) is 14.1. The van der Waals surface area contributed by atoms with Crippen molar-refractivity contribution in [2.45, 2.75) is 34.2 Å². The minimum Gasteiger partial charge on any atom is -0.496 e. The van der Waals surface area contributed by atoms with Gasteiger partial charge < -0.3 is 10.1 Å². The third-order valence-electron chi connectivity index (χ3n) is 4.19. The van der Waals surface area contributed by atoms with Gasteiger partial charge in [0.1, 0.15) is 11.6 Å². The maximum absolute atomic E-state index is 5.47. The van der Waals surface area contributed by atoms with E-state index in [1.54, 1.807) is 13.3 Å². The maximum atomic E-state index is 5.47. The van der Waals surface area contributed by atoms with Crippen LogP contribution in [0.15, 0.2) is 18.5 Å². The van der Waals surface area contributed by atoms with Gasteiger partial charge in [0, 0.05) is 34.6 Å². The number of nitrogens with zero attached hydrogens (tertiary/aromatic N) is 4. The van der Waals surface area contributed by atoms with Gasteiger partial charge in [-0.3, -0.25) is 4.98 Å². The molecule has 0 aliphatic rings. The van der Waals surface area contributed by atoms with Crippen LogP contribution in [0.5, 0.6) is 5.75 Å². The van der Waals surface area contributed by atoms with Crippen molar-refractivity contribution in [2.24, 2.45) is 0 Å². The van der Waals surface area contributed by atoms with Crippen LogP contribution in [0.3, 0.4) is 0 Å². The lowest BCUT2D eigenvalue weighted by Gasteiger charge is -2.15. The number of anilines is 1. The highest BCUT2D eigenvalue weighted by Crippen LogP contribution is 2.25. The van der Waals surface area contributed by atoms with Crippen LogP contribution in [0.1, 0.15) is 28.1 Å². The summed E-state index contributed by atoms with van der Waals surface area (Å²) >= 11 is 0. The fourth-order valence-corrected chi connectivity index (χ4v) is 2.76. The topological polar surface area (TPSA) is 64.3 Å². The summed E-state index contributed by atoms with van der Waals surface area (Å²) in [5.74, 6) is 1.84. The number of aromatic nitrogens is 4. The van der Waals surface area contributed by atoms with Crippen LogP contribution in [0.4, 0.5) is 5.82 Å². The van der Waals surface area contributed by atoms with Gasteiger partial charge in [0.05, 0.1) is 25.5 Å². The minimum absolute atomic E-state index is 0.599. The molecule has 0 saturated heterocycles. The Hall–Kier alpha value is -2.63. The molecule has 0 aliphatic carbocycles. The number of methoxy groups -OCH3 is 1. The average Bonchev–Trinajstić information content (AvgIpc) is 2.98. The molecule has 1 N–H and O–H groups in total. The number of ether oxygens (including phenoxy) is 1. The molecule has 0 radical (unpaired) electrons. The van der Waals surface area contributed by atoms with E-state index in [0.29, 0.717) is 6.54 Å². The van der Waals surface area contributed by atoms with E-state index in [1.807, 2.05) is 44.5 Å². The zero-order valence-corrected chi connectivity index (χ0v) is 14.1. The SMILES string of the molecule is COc1c(C)cnc(CNc2c(C)c(C)nc3ccnn23)c1C. The predicted octanol–water partition coefficient (Wildman–Crippen LogP) is 2.98. The van der Waals surface area contributed by atoms with Crippen LogP contribution in [-0.2, 0) is 6.54 Å². The van der Waals surface area contributed by atoms with Crippen molar-refractivity contribution < 1.29 is 4.74 Å². The van der Waals surface area contributed by atoms with E-state index in [1.165, 1.54) is 0 Å². The van der Waals surface area contributed by atoms with Crippen molar-refractivity contribution in [2.75, 3.05) is 12.4 Å². The first-order valence-electron chi connectivity index (χ1n) is 7.56. The molecular weight excluding hydrogens is 290 g/mol. The number of aryl methyl sites for hydroxylation is 2. The summed E-state index contributed by atoms with van der Waals surface area (Å²) in [6, 6.07) is 1.90. The van der Waals surface area contributed by atoms with Gasteiger partial charge in [-0.1, -0.05) is 0 Å². The van der Waals surface area contributed by atoms with Crippen LogP contribution in [-0.4, -0.2) is 26.7 Å². The molecule has 0 fully saturated rings. The Labute approximate surface area is 135 Å². The molecule has 0 bridgehead atoms. The molecule has 0 spiro atoms. The van der Waals surface area contributed by atoms with Gasteiger partial charge in [0.2, 0.25) is 0 Å². The van der Waals surface area contributed by atoms with Crippen LogP contribution in [0.2, 0.25) is 0 Å². The van der Waals surface area contributed by atoms with E-state index in [2.05, 4.69) is 20.4 Å². The van der Waals surface area contributed by atoms with Gasteiger partial charge in [-0.2, -0.15) is 9.61 Å². The Kier molecular flexibility index (Phi) is 3.90. The quantitative estimate of drug-likeness (QED) is 0.802. The van der Waals surface area contributed by atoms with E-state index < -0.39 is 0 Å². The number of nitrogens with one attached hydrogen (secondary N) is 1. The monoisotopic (exact) mass is 311 g/mol. The first-order chi connectivity index (χ1) is 11.0. The molecule has 0 aromatic carbocycles. The number of hydrogen-bond donors (Lipinski definition) is 1. The molecule has 0 unspecified atom stereocenters. The molecule has 3 aromatic heterocycles. The van der Waals surface area contributed by atoms with Crippen LogP contribution in [0, 0.1) is 27.7 Å². The molecule has 3 heterocycles. The molecule has 3 rings (SSSR count). The van der Waals surface area contributed by atoms with Gasteiger partial charge in [-0.05, 0) is 27.7 Å². The highest BCUT2D eigenvalue weighted by molar-refractivity contribution is 5.55. The first-order valence-corrected chi connectivity index (χ1v) is 7.56. The molecule has 0 saturated carbocycles. The number of hydrogen-bond acceptors (Lipinski definition) is 5. The zero-order chi connectivity index (χ0) is 16.6. The Morgan fingerprint density at radius 1 is 1.17 bits per heavy atom.